The second-order valence-electron chi connectivity index (χ2n) is 6.58. The molecule has 1 aliphatic carbocycles. The Morgan fingerprint density at radius 2 is 2.04 bits per heavy atom. The minimum atomic E-state index is 0.601. The highest BCUT2D eigenvalue weighted by Crippen LogP contribution is 2.31. The largest absolute Gasteiger partial charge is 0.418 e. The van der Waals surface area contributed by atoms with E-state index >= 15 is 0 Å². The normalized spacial score (nSPS) is 14.7. The van der Waals surface area contributed by atoms with Gasteiger partial charge in [0.25, 0.3) is 5.89 Å². The molecule has 3 heterocycles. The summed E-state index contributed by atoms with van der Waals surface area (Å²) in [6.07, 6.45) is 2.53. The standard InChI is InChI=1S/C18H22N4OS/c1-12-8-9-24-16(12)10-22(14-5-6-14)11-17-19-20-18(23-17)15-7-4-13(2)21(15)3/h4,7-9,14H,5-6,10-11H2,1-3H3. The van der Waals surface area contributed by atoms with Crippen molar-refractivity contribution in [2.45, 2.75) is 45.8 Å². The fourth-order valence-electron chi connectivity index (χ4n) is 2.93. The fraction of sp³-hybridized carbons (Fsp3) is 0.444. The molecule has 5 nitrogen and oxygen atoms in total. The zero-order valence-corrected chi connectivity index (χ0v) is 15.1. The summed E-state index contributed by atoms with van der Waals surface area (Å²) in [4.78, 5) is 3.89. The highest BCUT2D eigenvalue weighted by Gasteiger charge is 2.30. The van der Waals surface area contributed by atoms with E-state index in [4.69, 9.17) is 4.42 Å². The fourth-order valence-corrected chi connectivity index (χ4v) is 3.86. The minimum absolute atomic E-state index is 0.601. The van der Waals surface area contributed by atoms with E-state index in [-0.39, 0.29) is 0 Å². The van der Waals surface area contributed by atoms with Gasteiger partial charge in [0.05, 0.1) is 6.54 Å². The first-order valence-corrected chi connectivity index (χ1v) is 9.22. The molecule has 6 heteroatoms. The van der Waals surface area contributed by atoms with Gasteiger partial charge in [-0.3, -0.25) is 4.90 Å². The van der Waals surface area contributed by atoms with Gasteiger partial charge in [-0.25, -0.2) is 0 Å². The van der Waals surface area contributed by atoms with Gasteiger partial charge in [0.1, 0.15) is 5.69 Å². The SMILES string of the molecule is Cc1ccsc1CN(Cc1nnc(-c2ccc(C)n2C)o1)C1CC1. The van der Waals surface area contributed by atoms with E-state index in [1.807, 2.05) is 24.5 Å². The van der Waals surface area contributed by atoms with Crippen LogP contribution in [0.25, 0.3) is 11.6 Å². The summed E-state index contributed by atoms with van der Waals surface area (Å²) in [5.74, 6) is 1.30. The first kappa shape index (κ1) is 15.6. The van der Waals surface area contributed by atoms with Crippen LogP contribution in [0.2, 0.25) is 0 Å². The lowest BCUT2D eigenvalue weighted by molar-refractivity contribution is 0.223. The monoisotopic (exact) mass is 342 g/mol. The van der Waals surface area contributed by atoms with E-state index in [0.29, 0.717) is 17.8 Å². The van der Waals surface area contributed by atoms with Gasteiger partial charge >= 0.3 is 0 Å². The van der Waals surface area contributed by atoms with E-state index in [2.05, 4.69) is 51.0 Å². The maximum absolute atomic E-state index is 5.94. The Balaban J connectivity index is 1.51. The third-order valence-corrected chi connectivity index (χ3v) is 5.78. The Labute approximate surface area is 145 Å². The van der Waals surface area contributed by atoms with E-state index < -0.39 is 0 Å². The highest BCUT2D eigenvalue weighted by atomic mass is 32.1. The molecule has 126 valence electrons. The Hall–Kier alpha value is -1.92. The molecule has 1 aliphatic rings. The van der Waals surface area contributed by atoms with Crippen molar-refractivity contribution in [1.82, 2.24) is 19.7 Å². The van der Waals surface area contributed by atoms with Gasteiger partial charge in [0, 0.05) is 30.2 Å². The average Bonchev–Trinajstić information content (AvgIpc) is 3.06. The highest BCUT2D eigenvalue weighted by molar-refractivity contribution is 7.10. The summed E-state index contributed by atoms with van der Waals surface area (Å²) in [5.41, 5.74) is 3.52. The van der Waals surface area contributed by atoms with E-state index in [1.165, 1.54) is 29.0 Å². The maximum Gasteiger partial charge on any atom is 0.264 e. The van der Waals surface area contributed by atoms with Gasteiger partial charge in [-0.1, -0.05) is 0 Å². The second kappa shape index (κ2) is 6.18. The Morgan fingerprint density at radius 1 is 1.21 bits per heavy atom. The third kappa shape index (κ3) is 3.03. The molecule has 1 saturated carbocycles. The molecule has 0 bridgehead atoms. The molecule has 0 radical (unpaired) electrons. The molecule has 0 aliphatic heterocycles. The van der Waals surface area contributed by atoms with Crippen molar-refractivity contribution in [2.75, 3.05) is 0 Å². The number of aromatic nitrogens is 3. The number of thiophene rings is 1. The molecular formula is C18H22N4OS. The maximum atomic E-state index is 5.94. The van der Waals surface area contributed by atoms with E-state index in [0.717, 1.165) is 18.8 Å². The third-order valence-electron chi connectivity index (χ3n) is 4.78. The second-order valence-corrected chi connectivity index (χ2v) is 7.58. The van der Waals surface area contributed by atoms with Crippen LogP contribution in [0.15, 0.2) is 28.0 Å². The molecule has 0 amide bonds. The molecule has 3 aromatic rings. The number of rotatable bonds is 6. The molecule has 0 N–H and O–H groups in total. The zero-order chi connectivity index (χ0) is 16.7. The molecule has 0 saturated heterocycles. The lowest BCUT2D eigenvalue weighted by atomic mass is 10.2. The van der Waals surface area contributed by atoms with Crippen LogP contribution >= 0.6 is 11.3 Å². The van der Waals surface area contributed by atoms with Crippen LogP contribution in [0.4, 0.5) is 0 Å². The number of hydrogen-bond donors (Lipinski definition) is 0. The van der Waals surface area contributed by atoms with Gasteiger partial charge in [-0.2, -0.15) is 0 Å². The van der Waals surface area contributed by atoms with Crippen LogP contribution in [0.3, 0.4) is 0 Å². The number of hydrogen-bond acceptors (Lipinski definition) is 5. The summed E-state index contributed by atoms with van der Waals surface area (Å²) in [6, 6.07) is 6.93. The van der Waals surface area contributed by atoms with Crippen molar-refractivity contribution >= 4 is 11.3 Å². The van der Waals surface area contributed by atoms with Crippen molar-refractivity contribution in [2.24, 2.45) is 7.05 Å². The van der Waals surface area contributed by atoms with Crippen molar-refractivity contribution in [3.63, 3.8) is 0 Å². The Kier molecular flexibility index (Phi) is 4.02. The average molecular weight is 342 g/mol. The molecule has 24 heavy (non-hydrogen) atoms. The number of aryl methyl sites for hydroxylation is 2. The lowest BCUT2D eigenvalue weighted by Crippen LogP contribution is -2.25. The summed E-state index contributed by atoms with van der Waals surface area (Å²) in [5, 5.41) is 10.7. The zero-order valence-electron chi connectivity index (χ0n) is 14.3. The predicted molar refractivity (Wildman–Crippen MR) is 94.8 cm³/mol. The summed E-state index contributed by atoms with van der Waals surface area (Å²) in [7, 11) is 2.02. The summed E-state index contributed by atoms with van der Waals surface area (Å²) in [6.45, 7) is 5.94. The molecule has 0 spiro atoms. The summed E-state index contributed by atoms with van der Waals surface area (Å²) >= 11 is 1.83. The summed E-state index contributed by atoms with van der Waals surface area (Å²) < 4.78 is 8.01. The van der Waals surface area contributed by atoms with Crippen molar-refractivity contribution in [3.05, 3.63) is 45.6 Å². The van der Waals surface area contributed by atoms with E-state index in [9.17, 15) is 0 Å². The van der Waals surface area contributed by atoms with Crippen LogP contribution < -0.4 is 0 Å². The topological polar surface area (TPSA) is 47.1 Å². The van der Waals surface area contributed by atoms with Gasteiger partial charge < -0.3 is 8.98 Å². The van der Waals surface area contributed by atoms with Crippen LogP contribution in [0, 0.1) is 13.8 Å². The quantitative estimate of drug-likeness (QED) is 0.681. The van der Waals surface area contributed by atoms with Gasteiger partial charge in [-0.05, 0) is 55.8 Å². The molecule has 0 atom stereocenters. The Bertz CT molecular complexity index is 843. The van der Waals surface area contributed by atoms with Crippen LogP contribution in [-0.4, -0.2) is 25.7 Å². The van der Waals surface area contributed by atoms with Gasteiger partial charge in [-0.15, -0.1) is 21.5 Å². The van der Waals surface area contributed by atoms with Crippen LogP contribution in [0.5, 0.6) is 0 Å². The van der Waals surface area contributed by atoms with Crippen molar-refractivity contribution in [1.29, 1.82) is 0 Å². The molecule has 0 aromatic carbocycles. The molecule has 1 fully saturated rings. The van der Waals surface area contributed by atoms with E-state index in [1.54, 1.807) is 0 Å². The first-order valence-electron chi connectivity index (χ1n) is 8.34. The minimum Gasteiger partial charge on any atom is -0.418 e. The van der Waals surface area contributed by atoms with Gasteiger partial charge in [0.15, 0.2) is 0 Å². The molecule has 0 unspecified atom stereocenters. The van der Waals surface area contributed by atoms with Crippen molar-refractivity contribution in [3.8, 4) is 11.6 Å². The first-order chi connectivity index (χ1) is 11.6. The number of nitrogens with zero attached hydrogens (tertiary/aromatic N) is 4. The predicted octanol–water partition coefficient (Wildman–Crippen LogP) is 3.92. The molecule has 3 aromatic heterocycles. The van der Waals surface area contributed by atoms with Crippen LogP contribution in [0.1, 0.15) is 34.9 Å². The molecular weight excluding hydrogens is 320 g/mol. The van der Waals surface area contributed by atoms with Crippen molar-refractivity contribution < 1.29 is 4.42 Å². The van der Waals surface area contributed by atoms with Gasteiger partial charge in [0.2, 0.25) is 5.89 Å². The Morgan fingerprint density at radius 3 is 2.67 bits per heavy atom. The smallest absolute Gasteiger partial charge is 0.264 e. The van der Waals surface area contributed by atoms with Crippen LogP contribution in [-0.2, 0) is 20.1 Å². The lowest BCUT2D eigenvalue weighted by Gasteiger charge is -2.19. The molecule has 4 rings (SSSR count).